The second-order valence-electron chi connectivity index (χ2n) is 8.52. The number of carbonyl (C=O) groups excluding carboxylic acids is 3. The molecule has 32 heavy (non-hydrogen) atoms. The number of aliphatic hydroxyl groups is 1. The lowest BCUT2D eigenvalue weighted by Crippen LogP contribution is -2.60. The fourth-order valence-electron chi connectivity index (χ4n) is 2.72. The van der Waals surface area contributed by atoms with Crippen molar-refractivity contribution in [2.24, 2.45) is 17.6 Å². The second kappa shape index (κ2) is 13.6. The molecule has 0 bridgehead atoms. The molecule has 0 rings (SSSR count). The molecule has 0 aromatic rings. The summed E-state index contributed by atoms with van der Waals surface area (Å²) in [6.45, 7) is 8.16. The summed E-state index contributed by atoms with van der Waals surface area (Å²) in [7, 11) is 0. The van der Waals surface area contributed by atoms with E-state index in [1.165, 1.54) is 6.92 Å². The van der Waals surface area contributed by atoms with E-state index in [-0.39, 0.29) is 24.7 Å². The molecule has 0 fully saturated rings. The Morgan fingerprint density at radius 3 is 1.75 bits per heavy atom. The average molecular weight is 461 g/mol. The third kappa shape index (κ3) is 10.5. The van der Waals surface area contributed by atoms with Gasteiger partial charge in [-0.05, 0) is 31.6 Å². The van der Waals surface area contributed by atoms with Crippen LogP contribution >= 0.6 is 0 Å². The predicted octanol–water partition coefficient (Wildman–Crippen LogP) is -1.20. The van der Waals surface area contributed by atoms with E-state index in [0.29, 0.717) is 0 Å². The Morgan fingerprint density at radius 1 is 0.812 bits per heavy atom. The highest BCUT2D eigenvalue weighted by Crippen LogP contribution is 2.07. The van der Waals surface area contributed by atoms with Gasteiger partial charge in [-0.1, -0.05) is 27.7 Å². The van der Waals surface area contributed by atoms with Crippen molar-refractivity contribution in [3.05, 3.63) is 0 Å². The van der Waals surface area contributed by atoms with Crippen molar-refractivity contribution in [2.45, 2.75) is 84.2 Å². The van der Waals surface area contributed by atoms with E-state index < -0.39 is 66.4 Å². The Kier molecular flexibility index (Phi) is 12.5. The number of carboxylic acids is 2. The number of rotatable bonds is 14. The summed E-state index contributed by atoms with van der Waals surface area (Å²) in [4.78, 5) is 59.9. The molecule has 12 heteroatoms. The number of aliphatic carboxylic acids is 2. The monoisotopic (exact) mass is 460 g/mol. The zero-order valence-corrected chi connectivity index (χ0v) is 19.1. The lowest BCUT2D eigenvalue weighted by Gasteiger charge is -2.27. The van der Waals surface area contributed by atoms with Gasteiger partial charge >= 0.3 is 11.9 Å². The van der Waals surface area contributed by atoms with Crippen molar-refractivity contribution < 1.29 is 39.3 Å². The van der Waals surface area contributed by atoms with Crippen LogP contribution in [-0.4, -0.2) is 75.3 Å². The Hall–Kier alpha value is -2.73. The van der Waals surface area contributed by atoms with Crippen molar-refractivity contribution >= 4 is 29.7 Å². The van der Waals surface area contributed by atoms with Crippen LogP contribution in [-0.2, 0) is 24.0 Å². The minimum Gasteiger partial charge on any atom is -0.481 e. The third-order valence-electron chi connectivity index (χ3n) is 4.69. The minimum atomic E-state index is -1.53. The van der Waals surface area contributed by atoms with Crippen molar-refractivity contribution in [1.29, 1.82) is 0 Å². The van der Waals surface area contributed by atoms with Gasteiger partial charge in [0.1, 0.15) is 18.1 Å². The van der Waals surface area contributed by atoms with Gasteiger partial charge in [0.2, 0.25) is 17.7 Å². The highest BCUT2D eigenvalue weighted by Gasteiger charge is 2.33. The molecular weight excluding hydrogens is 424 g/mol. The average Bonchev–Trinajstić information content (AvgIpc) is 2.66. The van der Waals surface area contributed by atoms with Crippen LogP contribution < -0.4 is 21.7 Å². The van der Waals surface area contributed by atoms with E-state index >= 15 is 0 Å². The Labute approximate surface area is 187 Å². The molecule has 0 aromatic carbocycles. The number of aliphatic hydroxyl groups excluding tert-OH is 1. The largest absolute Gasteiger partial charge is 0.481 e. The summed E-state index contributed by atoms with van der Waals surface area (Å²) in [6, 6.07) is -5.03. The maximum atomic E-state index is 12.7. The van der Waals surface area contributed by atoms with E-state index in [4.69, 9.17) is 10.8 Å². The fourth-order valence-corrected chi connectivity index (χ4v) is 2.72. The molecule has 5 atom stereocenters. The predicted molar refractivity (Wildman–Crippen MR) is 114 cm³/mol. The lowest BCUT2D eigenvalue weighted by atomic mass is 10.0. The fraction of sp³-hybridized carbons (Fsp3) is 0.750. The first kappa shape index (κ1) is 29.3. The van der Waals surface area contributed by atoms with E-state index in [0.717, 1.165) is 0 Å². The molecule has 184 valence electrons. The summed E-state index contributed by atoms with van der Waals surface area (Å²) in [6.07, 6.45) is -2.00. The van der Waals surface area contributed by atoms with Gasteiger partial charge in [-0.2, -0.15) is 0 Å². The number of hydrogen-bond donors (Lipinski definition) is 7. The molecule has 12 nitrogen and oxygen atoms in total. The quantitative estimate of drug-likeness (QED) is 0.166. The van der Waals surface area contributed by atoms with Crippen LogP contribution in [0.3, 0.4) is 0 Å². The first-order valence-electron chi connectivity index (χ1n) is 10.5. The molecule has 0 aliphatic rings. The number of carboxylic acid groups (broad SMARTS) is 2. The maximum Gasteiger partial charge on any atom is 0.326 e. The zero-order chi connectivity index (χ0) is 25.2. The number of amides is 3. The normalized spacial score (nSPS) is 15.9. The molecule has 0 saturated heterocycles. The van der Waals surface area contributed by atoms with Gasteiger partial charge in [-0.3, -0.25) is 19.2 Å². The first-order valence-corrected chi connectivity index (χ1v) is 10.5. The van der Waals surface area contributed by atoms with Gasteiger partial charge in [0.25, 0.3) is 0 Å². The van der Waals surface area contributed by atoms with Crippen LogP contribution in [0.15, 0.2) is 0 Å². The van der Waals surface area contributed by atoms with E-state index in [2.05, 4.69) is 16.0 Å². The third-order valence-corrected chi connectivity index (χ3v) is 4.69. The number of hydrogen-bond acceptors (Lipinski definition) is 7. The molecule has 0 aromatic heterocycles. The summed E-state index contributed by atoms with van der Waals surface area (Å²) >= 11 is 0. The Bertz CT molecular complexity index is 681. The van der Waals surface area contributed by atoms with E-state index in [1.54, 1.807) is 27.7 Å². The smallest absolute Gasteiger partial charge is 0.326 e. The van der Waals surface area contributed by atoms with Crippen molar-refractivity contribution in [2.75, 3.05) is 0 Å². The summed E-state index contributed by atoms with van der Waals surface area (Å²) in [5.74, 6) is -5.27. The second-order valence-corrected chi connectivity index (χ2v) is 8.52. The summed E-state index contributed by atoms with van der Waals surface area (Å²) in [5.41, 5.74) is 5.77. The highest BCUT2D eigenvalue weighted by atomic mass is 16.4. The minimum absolute atomic E-state index is 0.0447. The van der Waals surface area contributed by atoms with Crippen LogP contribution in [0, 0.1) is 11.8 Å². The molecule has 0 saturated carbocycles. The van der Waals surface area contributed by atoms with Crippen LogP contribution in [0.5, 0.6) is 0 Å². The molecule has 0 aliphatic carbocycles. The zero-order valence-electron chi connectivity index (χ0n) is 19.1. The molecule has 8 N–H and O–H groups in total. The van der Waals surface area contributed by atoms with E-state index in [1.807, 2.05) is 0 Å². The molecule has 5 unspecified atom stereocenters. The SMILES string of the molecule is CC(C)CC(NC(=O)C(NC(=O)C(CCC(=O)O)NC(=O)C(N)C(C)C)C(C)O)C(=O)O. The van der Waals surface area contributed by atoms with Crippen LogP contribution in [0.1, 0.15) is 53.9 Å². The van der Waals surface area contributed by atoms with Gasteiger partial charge in [-0.25, -0.2) is 4.79 Å². The van der Waals surface area contributed by atoms with Crippen molar-refractivity contribution in [3.63, 3.8) is 0 Å². The number of nitrogens with one attached hydrogen (secondary N) is 3. The lowest BCUT2D eigenvalue weighted by molar-refractivity contribution is -0.143. The van der Waals surface area contributed by atoms with Crippen LogP contribution in [0.4, 0.5) is 0 Å². The summed E-state index contributed by atoms with van der Waals surface area (Å²) in [5, 5.41) is 35.1. The highest BCUT2D eigenvalue weighted by molar-refractivity contribution is 5.94. The van der Waals surface area contributed by atoms with Crippen molar-refractivity contribution in [3.8, 4) is 0 Å². The molecule has 0 spiro atoms. The van der Waals surface area contributed by atoms with Gasteiger partial charge < -0.3 is 37.0 Å². The van der Waals surface area contributed by atoms with Crippen molar-refractivity contribution in [1.82, 2.24) is 16.0 Å². The molecule has 0 heterocycles. The number of nitrogens with two attached hydrogens (primary N) is 1. The molecule has 0 radical (unpaired) electrons. The Morgan fingerprint density at radius 2 is 1.34 bits per heavy atom. The molecular formula is C20H36N4O8. The van der Waals surface area contributed by atoms with Crippen LogP contribution in [0.2, 0.25) is 0 Å². The first-order chi connectivity index (χ1) is 14.7. The summed E-state index contributed by atoms with van der Waals surface area (Å²) < 4.78 is 0. The van der Waals surface area contributed by atoms with Crippen LogP contribution in [0.25, 0.3) is 0 Å². The molecule has 3 amide bonds. The van der Waals surface area contributed by atoms with Gasteiger partial charge in [-0.15, -0.1) is 0 Å². The number of carbonyl (C=O) groups is 5. The van der Waals surface area contributed by atoms with Gasteiger partial charge in [0.05, 0.1) is 12.1 Å². The molecule has 0 aliphatic heterocycles. The van der Waals surface area contributed by atoms with Gasteiger partial charge in [0.15, 0.2) is 0 Å². The standard InChI is InChI=1S/C20H36N4O8/c1-9(2)8-13(20(31)32)23-19(30)16(11(5)25)24-17(28)12(6-7-14(26)27)22-18(29)15(21)10(3)4/h9-13,15-16,25H,6-8,21H2,1-5H3,(H,22,29)(H,23,30)(H,24,28)(H,26,27)(H,31,32). The maximum absolute atomic E-state index is 12.7. The Balaban J connectivity index is 5.49. The van der Waals surface area contributed by atoms with E-state index in [9.17, 15) is 34.2 Å². The topological polar surface area (TPSA) is 208 Å². The van der Waals surface area contributed by atoms with Gasteiger partial charge in [0, 0.05) is 6.42 Å².